The molecule has 0 radical (unpaired) electrons. The standard InChI is InChI=1S/C11H18ClN3O/c1-4-15(5-2)6-7-16-11-9(3)10(12)13-8-14-11/h8H,4-7H2,1-3H3. The molecular weight excluding hydrogens is 226 g/mol. The number of hydrogen-bond acceptors (Lipinski definition) is 4. The Bertz CT molecular complexity index is 329. The second-order valence-electron chi connectivity index (χ2n) is 3.47. The summed E-state index contributed by atoms with van der Waals surface area (Å²) >= 11 is 5.87. The lowest BCUT2D eigenvalue weighted by molar-refractivity contribution is 0.217. The number of ether oxygens (including phenoxy) is 1. The largest absolute Gasteiger partial charge is 0.476 e. The molecule has 0 atom stereocenters. The van der Waals surface area contributed by atoms with Crippen LogP contribution in [0.4, 0.5) is 0 Å². The van der Waals surface area contributed by atoms with Crippen molar-refractivity contribution in [3.63, 3.8) is 0 Å². The summed E-state index contributed by atoms with van der Waals surface area (Å²) in [6.45, 7) is 9.71. The lowest BCUT2D eigenvalue weighted by atomic mass is 10.4. The predicted molar refractivity (Wildman–Crippen MR) is 65.1 cm³/mol. The highest BCUT2D eigenvalue weighted by Crippen LogP contribution is 2.19. The van der Waals surface area contributed by atoms with E-state index < -0.39 is 0 Å². The Morgan fingerprint density at radius 2 is 2.00 bits per heavy atom. The first-order valence-corrected chi connectivity index (χ1v) is 5.89. The number of hydrogen-bond donors (Lipinski definition) is 0. The molecule has 1 heterocycles. The molecule has 0 unspecified atom stereocenters. The van der Waals surface area contributed by atoms with E-state index in [1.165, 1.54) is 6.33 Å². The van der Waals surface area contributed by atoms with Crippen molar-refractivity contribution in [1.29, 1.82) is 0 Å². The van der Waals surface area contributed by atoms with Crippen LogP contribution in [0, 0.1) is 6.92 Å². The maximum absolute atomic E-state index is 5.87. The second kappa shape index (κ2) is 6.66. The van der Waals surface area contributed by atoms with Crippen molar-refractivity contribution < 1.29 is 4.74 Å². The van der Waals surface area contributed by atoms with Crippen LogP contribution in [0.25, 0.3) is 0 Å². The Morgan fingerprint density at radius 1 is 1.31 bits per heavy atom. The van der Waals surface area contributed by atoms with Crippen molar-refractivity contribution >= 4 is 11.6 Å². The van der Waals surface area contributed by atoms with E-state index in [0.717, 1.165) is 25.2 Å². The van der Waals surface area contributed by atoms with Gasteiger partial charge in [-0.05, 0) is 20.0 Å². The highest BCUT2D eigenvalue weighted by molar-refractivity contribution is 6.30. The van der Waals surface area contributed by atoms with Gasteiger partial charge in [-0.25, -0.2) is 9.97 Å². The summed E-state index contributed by atoms with van der Waals surface area (Å²) in [6.07, 6.45) is 1.42. The molecule has 1 rings (SSSR count). The normalized spacial score (nSPS) is 10.8. The van der Waals surface area contributed by atoms with Crippen LogP contribution in [0.5, 0.6) is 5.88 Å². The molecule has 0 aliphatic heterocycles. The average molecular weight is 244 g/mol. The molecule has 90 valence electrons. The van der Waals surface area contributed by atoms with Gasteiger partial charge >= 0.3 is 0 Å². The van der Waals surface area contributed by atoms with E-state index in [1.807, 2.05) is 6.92 Å². The van der Waals surface area contributed by atoms with Crippen molar-refractivity contribution in [2.24, 2.45) is 0 Å². The highest BCUT2D eigenvalue weighted by atomic mass is 35.5. The van der Waals surface area contributed by atoms with E-state index >= 15 is 0 Å². The van der Waals surface area contributed by atoms with Gasteiger partial charge in [0, 0.05) is 12.1 Å². The van der Waals surface area contributed by atoms with Crippen molar-refractivity contribution in [3.8, 4) is 5.88 Å². The minimum absolute atomic E-state index is 0.452. The number of halogens is 1. The van der Waals surface area contributed by atoms with Crippen LogP contribution >= 0.6 is 11.6 Å². The molecule has 0 fully saturated rings. The molecule has 16 heavy (non-hydrogen) atoms. The van der Waals surface area contributed by atoms with Gasteiger partial charge in [0.25, 0.3) is 0 Å². The van der Waals surface area contributed by atoms with Gasteiger partial charge in [0.2, 0.25) is 5.88 Å². The molecule has 0 aliphatic carbocycles. The van der Waals surface area contributed by atoms with Crippen molar-refractivity contribution in [2.75, 3.05) is 26.2 Å². The average Bonchev–Trinajstić information content (AvgIpc) is 2.30. The molecule has 4 nitrogen and oxygen atoms in total. The second-order valence-corrected chi connectivity index (χ2v) is 3.83. The summed E-state index contributed by atoms with van der Waals surface area (Å²) < 4.78 is 5.57. The lowest BCUT2D eigenvalue weighted by Crippen LogP contribution is -2.28. The van der Waals surface area contributed by atoms with Gasteiger partial charge in [0.05, 0.1) is 0 Å². The molecule has 0 aliphatic rings. The van der Waals surface area contributed by atoms with Crippen molar-refractivity contribution in [3.05, 3.63) is 17.0 Å². The SMILES string of the molecule is CCN(CC)CCOc1ncnc(Cl)c1C. The van der Waals surface area contributed by atoms with Crippen LogP contribution < -0.4 is 4.74 Å². The number of aromatic nitrogens is 2. The fourth-order valence-corrected chi connectivity index (χ4v) is 1.50. The van der Waals surface area contributed by atoms with Crippen LogP contribution in [0.15, 0.2) is 6.33 Å². The quantitative estimate of drug-likeness (QED) is 0.718. The molecule has 0 amide bonds. The van der Waals surface area contributed by atoms with Gasteiger partial charge in [-0.3, -0.25) is 0 Å². The van der Waals surface area contributed by atoms with Gasteiger partial charge < -0.3 is 9.64 Å². The van der Waals surface area contributed by atoms with E-state index in [2.05, 4.69) is 28.7 Å². The summed E-state index contributed by atoms with van der Waals surface area (Å²) in [5.41, 5.74) is 0.795. The zero-order valence-corrected chi connectivity index (χ0v) is 10.8. The van der Waals surface area contributed by atoms with Crippen LogP contribution in [0.3, 0.4) is 0 Å². The third kappa shape index (κ3) is 3.61. The van der Waals surface area contributed by atoms with Crippen molar-refractivity contribution in [2.45, 2.75) is 20.8 Å². The molecular formula is C11H18ClN3O. The van der Waals surface area contributed by atoms with E-state index in [4.69, 9.17) is 16.3 Å². The monoisotopic (exact) mass is 243 g/mol. The number of nitrogens with zero attached hydrogens (tertiary/aromatic N) is 3. The third-order valence-electron chi connectivity index (χ3n) is 2.52. The molecule has 1 aromatic heterocycles. The van der Waals surface area contributed by atoms with Crippen LogP contribution in [0.2, 0.25) is 5.15 Å². The third-order valence-corrected chi connectivity index (χ3v) is 2.90. The van der Waals surface area contributed by atoms with Crippen LogP contribution in [-0.2, 0) is 0 Å². The first-order chi connectivity index (χ1) is 7.69. The number of likely N-dealkylation sites (N-methyl/N-ethyl adjacent to an activating group) is 1. The summed E-state index contributed by atoms with van der Waals surface area (Å²) in [4.78, 5) is 10.2. The Balaban J connectivity index is 2.46. The van der Waals surface area contributed by atoms with Crippen molar-refractivity contribution in [1.82, 2.24) is 14.9 Å². The zero-order valence-electron chi connectivity index (χ0n) is 10.0. The van der Waals surface area contributed by atoms with E-state index in [1.54, 1.807) is 0 Å². The van der Waals surface area contributed by atoms with Gasteiger partial charge in [-0.2, -0.15) is 0 Å². The highest BCUT2D eigenvalue weighted by Gasteiger charge is 2.06. The molecule has 5 heteroatoms. The number of rotatable bonds is 6. The van der Waals surface area contributed by atoms with E-state index in [9.17, 15) is 0 Å². The molecule has 0 N–H and O–H groups in total. The predicted octanol–water partition coefficient (Wildman–Crippen LogP) is 2.16. The fraction of sp³-hybridized carbons (Fsp3) is 0.636. The Hall–Kier alpha value is -0.870. The molecule has 0 aromatic carbocycles. The Labute approximate surface area is 102 Å². The van der Waals surface area contributed by atoms with Gasteiger partial charge in [0.15, 0.2) is 0 Å². The zero-order chi connectivity index (χ0) is 12.0. The Morgan fingerprint density at radius 3 is 2.62 bits per heavy atom. The Kier molecular flexibility index (Phi) is 5.49. The maximum atomic E-state index is 5.87. The minimum Gasteiger partial charge on any atom is -0.476 e. The maximum Gasteiger partial charge on any atom is 0.220 e. The van der Waals surface area contributed by atoms with Gasteiger partial charge in [-0.15, -0.1) is 0 Å². The molecule has 1 aromatic rings. The lowest BCUT2D eigenvalue weighted by Gasteiger charge is -2.18. The van der Waals surface area contributed by atoms with E-state index in [-0.39, 0.29) is 0 Å². The minimum atomic E-state index is 0.452. The summed E-state index contributed by atoms with van der Waals surface area (Å²) in [5.74, 6) is 0.576. The molecule has 0 spiro atoms. The first-order valence-electron chi connectivity index (χ1n) is 5.51. The summed E-state index contributed by atoms with van der Waals surface area (Å²) in [5, 5.41) is 0.452. The molecule has 0 bridgehead atoms. The van der Waals surface area contributed by atoms with Crippen LogP contribution in [-0.4, -0.2) is 41.1 Å². The van der Waals surface area contributed by atoms with E-state index in [0.29, 0.717) is 17.6 Å². The molecule has 0 saturated carbocycles. The van der Waals surface area contributed by atoms with Gasteiger partial charge in [-0.1, -0.05) is 25.4 Å². The fourth-order valence-electron chi connectivity index (χ4n) is 1.37. The van der Waals surface area contributed by atoms with Gasteiger partial charge in [0.1, 0.15) is 18.1 Å². The summed E-state index contributed by atoms with van der Waals surface area (Å²) in [7, 11) is 0. The smallest absolute Gasteiger partial charge is 0.220 e. The first kappa shape index (κ1) is 13.2. The topological polar surface area (TPSA) is 38.2 Å². The summed E-state index contributed by atoms with van der Waals surface area (Å²) in [6, 6.07) is 0. The van der Waals surface area contributed by atoms with Crippen LogP contribution in [0.1, 0.15) is 19.4 Å². The molecule has 0 saturated heterocycles.